The van der Waals surface area contributed by atoms with Crippen molar-refractivity contribution in [2.24, 2.45) is 5.73 Å². The SMILES string of the molecule is Cc1nonc1CN1CCC(N)CC1. The number of nitrogens with two attached hydrogens (primary N) is 1. The standard InChI is InChI=1S/C9H16N4O/c1-7-9(12-14-11-7)6-13-4-2-8(10)3-5-13/h8H,2-6,10H2,1H3. The molecule has 5 heteroatoms. The monoisotopic (exact) mass is 196 g/mol. The average Bonchev–Trinajstić information content (AvgIpc) is 2.56. The third-order valence-corrected chi connectivity index (χ3v) is 2.75. The number of hydrogen-bond donors (Lipinski definition) is 1. The third-order valence-electron chi connectivity index (χ3n) is 2.75. The molecular weight excluding hydrogens is 180 g/mol. The molecule has 0 aliphatic carbocycles. The highest BCUT2D eigenvalue weighted by atomic mass is 16.6. The largest absolute Gasteiger partial charge is 0.328 e. The van der Waals surface area contributed by atoms with Crippen LogP contribution >= 0.6 is 0 Å². The van der Waals surface area contributed by atoms with Crippen molar-refractivity contribution in [3.8, 4) is 0 Å². The van der Waals surface area contributed by atoms with Gasteiger partial charge in [-0.15, -0.1) is 0 Å². The van der Waals surface area contributed by atoms with Gasteiger partial charge in [-0.3, -0.25) is 4.90 Å². The molecule has 2 heterocycles. The summed E-state index contributed by atoms with van der Waals surface area (Å²) >= 11 is 0. The van der Waals surface area contributed by atoms with Crippen molar-refractivity contribution in [2.45, 2.75) is 32.4 Å². The topological polar surface area (TPSA) is 68.2 Å². The van der Waals surface area contributed by atoms with Crippen LogP contribution in [0.5, 0.6) is 0 Å². The number of nitrogens with zero attached hydrogens (tertiary/aromatic N) is 3. The van der Waals surface area contributed by atoms with E-state index in [2.05, 4.69) is 19.8 Å². The van der Waals surface area contributed by atoms with Gasteiger partial charge in [0.15, 0.2) is 0 Å². The molecule has 0 aromatic carbocycles. The van der Waals surface area contributed by atoms with E-state index in [1.54, 1.807) is 0 Å². The maximum absolute atomic E-state index is 5.83. The van der Waals surface area contributed by atoms with E-state index in [-0.39, 0.29) is 0 Å². The summed E-state index contributed by atoms with van der Waals surface area (Å²) in [7, 11) is 0. The van der Waals surface area contributed by atoms with Crippen molar-refractivity contribution in [1.82, 2.24) is 15.2 Å². The van der Waals surface area contributed by atoms with Crippen LogP contribution in [-0.2, 0) is 6.54 Å². The maximum atomic E-state index is 5.83. The molecule has 1 aliphatic heterocycles. The molecule has 14 heavy (non-hydrogen) atoms. The van der Waals surface area contributed by atoms with Crippen LogP contribution in [0.3, 0.4) is 0 Å². The van der Waals surface area contributed by atoms with Crippen molar-refractivity contribution in [2.75, 3.05) is 13.1 Å². The second-order valence-electron chi connectivity index (χ2n) is 3.91. The van der Waals surface area contributed by atoms with Crippen molar-refractivity contribution >= 4 is 0 Å². The van der Waals surface area contributed by atoms with E-state index >= 15 is 0 Å². The molecule has 2 N–H and O–H groups in total. The van der Waals surface area contributed by atoms with Gasteiger partial charge in [-0.25, -0.2) is 4.63 Å². The molecule has 0 spiro atoms. The highest BCUT2D eigenvalue weighted by Crippen LogP contribution is 2.12. The van der Waals surface area contributed by atoms with Gasteiger partial charge in [0.2, 0.25) is 0 Å². The number of hydrogen-bond acceptors (Lipinski definition) is 5. The molecule has 78 valence electrons. The van der Waals surface area contributed by atoms with E-state index in [4.69, 9.17) is 5.73 Å². The van der Waals surface area contributed by atoms with E-state index in [9.17, 15) is 0 Å². The van der Waals surface area contributed by atoms with Gasteiger partial charge in [-0.1, -0.05) is 10.3 Å². The fourth-order valence-electron chi connectivity index (χ4n) is 1.72. The van der Waals surface area contributed by atoms with Gasteiger partial charge in [0.1, 0.15) is 11.4 Å². The van der Waals surface area contributed by atoms with Crippen molar-refractivity contribution in [1.29, 1.82) is 0 Å². The van der Waals surface area contributed by atoms with Crippen LogP contribution in [0.2, 0.25) is 0 Å². The zero-order chi connectivity index (χ0) is 9.97. The first kappa shape index (κ1) is 9.61. The first-order valence-electron chi connectivity index (χ1n) is 5.01. The summed E-state index contributed by atoms with van der Waals surface area (Å²) in [6.45, 7) is 4.85. The van der Waals surface area contributed by atoms with Gasteiger partial charge >= 0.3 is 0 Å². The molecule has 0 bridgehead atoms. The van der Waals surface area contributed by atoms with Crippen LogP contribution in [0.15, 0.2) is 4.63 Å². The van der Waals surface area contributed by atoms with E-state index in [1.165, 1.54) is 0 Å². The van der Waals surface area contributed by atoms with Crippen molar-refractivity contribution < 1.29 is 4.63 Å². The summed E-state index contributed by atoms with van der Waals surface area (Å²) in [4.78, 5) is 2.34. The number of aryl methyl sites for hydroxylation is 1. The van der Waals surface area contributed by atoms with Gasteiger partial charge < -0.3 is 5.73 Å². The summed E-state index contributed by atoms with van der Waals surface area (Å²) in [6, 6.07) is 0.378. The normalized spacial score (nSPS) is 20.1. The van der Waals surface area contributed by atoms with Crippen LogP contribution in [0.25, 0.3) is 0 Å². The Balaban J connectivity index is 1.89. The Kier molecular flexibility index (Phi) is 2.79. The highest BCUT2D eigenvalue weighted by Gasteiger charge is 2.18. The minimum absolute atomic E-state index is 0.378. The van der Waals surface area contributed by atoms with Gasteiger partial charge in [-0.05, 0) is 19.8 Å². The fourth-order valence-corrected chi connectivity index (χ4v) is 1.72. The van der Waals surface area contributed by atoms with Gasteiger partial charge in [0, 0.05) is 25.7 Å². The van der Waals surface area contributed by atoms with Crippen LogP contribution in [0.1, 0.15) is 24.2 Å². The zero-order valence-corrected chi connectivity index (χ0v) is 8.44. The molecule has 1 aliphatic rings. The summed E-state index contributed by atoms with van der Waals surface area (Å²) in [5.74, 6) is 0. The van der Waals surface area contributed by atoms with E-state index in [1.807, 2.05) is 6.92 Å². The molecule has 0 atom stereocenters. The first-order valence-corrected chi connectivity index (χ1v) is 5.01. The fraction of sp³-hybridized carbons (Fsp3) is 0.778. The number of aromatic nitrogens is 2. The predicted molar refractivity (Wildman–Crippen MR) is 51.5 cm³/mol. The molecular formula is C9H16N4O. The highest BCUT2D eigenvalue weighted by molar-refractivity contribution is 5.04. The molecule has 5 nitrogen and oxygen atoms in total. The van der Waals surface area contributed by atoms with E-state index in [0.29, 0.717) is 6.04 Å². The first-order chi connectivity index (χ1) is 6.75. The Morgan fingerprint density at radius 3 is 2.71 bits per heavy atom. The number of likely N-dealkylation sites (tertiary alicyclic amines) is 1. The average molecular weight is 196 g/mol. The lowest BCUT2D eigenvalue weighted by atomic mass is 10.1. The van der Waals surface area contributed by atoms with E-state index in [0.717, 1.165) is 43.9 Å². The molecule has 1 aromatic rings. The lowest BCUT2D eigenvalue weighted by molar-refractivity contribution is 0.199. The Bertz CT molecular complexity index is 291. The Morgan fingerprint density at radius 1 is 1.43 bits per heavy atom. The lowest BCUT2D eigenvalue weighted by Gasteiger charge is -2.29. The quantitative estimate of drug-likeness (QED) is 0.736. The minimum Gasteiger partial charge on any atom is -0.328 e. The molecule has 2 rings (SSSR count). The molecule has 0 radical (unpaired) electrons. The Labute approximate surface area is 83.2 Å². The Hall–Kier alpha value is -0.940. The van der Waals surface area contributed by atoms with Crippen LogP contribution in [0.4, 0.5) is 0 Å². The molecule has 1 saturated heterocycles. The summed E-state index contributed by atoms with van der Waals surface area (Å²) in [5, 5.41) is 7.63. The number of rotatable bonds is 2. The number of piperidine rings is 1. The molecule has 0 amide bonds. The molecule has 0 unspecified atom stereocenters. The van der Waals surface area contributed by atoms with Gasteiger partial charge in [0.25, 0.3) is 0 Å². The second-order valence-corrected chi connectivity index (χ2v) is 3.91. The summed E-state index contributed by atoms with van der Waals surface area (Å²) < 4.78 is 4.66. The zero-order valence-electron chi connectivity index (χ0n) is 8.44. The van der Waals surface area contributed by atoms with Crippen LogP contribution < -0.4 is 5.73 Å². The van der Waals surface area contributed by atoms with Crippen LogP contribution in [0, 0.1) is 6.92 Å². The Morgan fingerprint density at radius 2 is 2.14 bits per heavy atom. The summed E-state index contributed by atoms with van der Waals surface area (Å²) in [5.41, 5.74) is 7.66. The molecule has 1 aromatic heterocycles. The molecule has 0 saturated carbocycles. The second kappa shape index (κ2) is 4.06. The maximum Gasteiger partial charge on any atom is 0.122 e. The minimum atomic E-state index is 0.378. The third kappa shape index (κ3) is 2.10. The molecule has 1 fully saturated rings. The van der Waals surface area contributed by atoms with Gasteiger partial charge in [0.05, 0.1) is 0 Å². The van der Waals surface area contributed by atoms with Crippen LogP contribution in [-0.4, -0.2) is 34.3 Å². The van der Waals surface area contributed by atoms with Gasteiger partial charge in [-0.2, -0.15) is 0 Å². The smallest absolute Gasteiger partial charge is 0.122 e. The summed E-state index contributed by atoms with van der Waals surface area (Å²) in [6.07, 6.45) is 2.15. The predicted octanol–water partition coefficient (Wildman–Crippen LogP) is 0.301. The van der Waals surface area contributed by atoms with E-state index < -0.39 is 0 Å². The van der Waals surface area contributed by atoms with Crippen molar-refractivity contribution in [3.05, 3.63) is 11.4 Å². The van der Waals surface area contributed by atoms with Crippen molar-refractivity contribution in [3.63, 3.8) is 0 Å². The lowest BCUT2D eigenvalue weighted by Crippen LogP contribution is -2.39.